The van der Waals surface area contributed by atoms with Gasteiger partial charge in [-0.2, -0.15) is 0 Å². The lowest BCUT2D eigenvalue weighted by Crippen LogP contribution is -2.66. The second kappa shape index (κ2) is 42.9. The Hall–Kier alpha value is -16.9. The lowest BCUT2D eigenvalue weighted by atomic mass is 9.96. The summed E-state index contributed by atoms with van der Waals surface area (Å²) in [6, 6.07) is 62.5. The van der Waals surface area contributed by atoms with Crippen LogP contribution in [0.5, 0.6) is 23.0 Å². The number of aromatic nitrogens is 4. The number of amides is 4. The van der Waals surface area contributed by atoms with Crippen LogP contribution in [0.4, 0.5) is 44.7 Å². The number of carbonyl (C=O) groups excluding carboxylic acids is 6. The maximum absolute atomic E-state index is 14.5. The fourth-order valence-corrected chi connectivity index (χ4v) is 18.8. The zero-order chi connectivity index (χ0) is 102. The molecule has 4 fully saturated rings. The molecule has 13 aromatic rings. The van der Waals surface area contributed by atoms with Gasteiger partial charge in [-0.3, -0.25) is 77.1 Å². The average molecular weight is 1990 g/mol. The minimum absolute atomic E-state index is 0.0695. The van der Waals surface area contributed by atoms with Crippen molar-refractivity contribution in [3.05, 3.63) is 434 Å². The smallest absolute Gasteiger partial charge is 0.502 e. The van der Waals surface area contributed by atoms with E-state index in [-0.39, 0.29) is 106 Å². The van der Waals surface area contributed by atoms with E-state index in [4.69, 9.17) is 37.9 Å². The van der Waals surface area contributed by atoms with E-state index < -0.39 is 165 Å². The average Bonchev–Trinajstić information content (AvgIpc) is 0.745. The summed E-state index contributed by atoms with van der Waals surface area (Å²) >= 11 is 0. The molecule has 0 radical (unpaired) electrons. The number of morpholine rings is 4. The van der Waals surface area contributed by atoms with E-state index in [2.05, 4.69) is 9.47 Å². The summed E-state index contributed by atoms with van der Waals surface area (Å²) in [5.41, 5.74) is 2.59. The lowest BCUT2D eigenvalue weighted by Gasteiger charge is -2.51. The van der Waals surface area contributed by atoms with Crippen molar-refractivity contribution in [1.82, 2.24) is 38.3 Å². The van der Waals surface area contributed by atoms with E-state index in [1.165, 1.54) is 89.9 Å². The van der Waals surface area contributed by atoms with Gasteiger partial charge in [0.05, 0.1) is 91.2 Å². The second-order valence-corrected chi connectivity index (χ2v) is 33.7. The molecular weight excluding hydrogens is 1910 g/mol. The Morgan fingerprint density at radius 2 is 0.600 bits per heavy atom. The number of benzene rings is 9. The van der Waals surface area contributed by atoms with Crippen LogP contribution in [-0.4, -0.2) is 204 Å². The number of pyridine rings is 4. The van der Waals surface area contributed by atoms with E-state index in [0.717, 1.165) is 91.6 Å². The molecular formula is C104H88F8N12O21. The van der Waals surface area contributed by atoms with Gasteiger partial charge in [0.25, 0.3) is 23.6 Å². The zero-order valence-corrected chi connectivity index (χ0v) is 77.0. The molecule has 145 heavy (non-hydrogen) atoms. The van der Waals surface area contributed by atoms with Crippen molar-refractivity contribution >= 4 is 35.9 Å². The first-order valence-electron chi connectivity index (χ1n) is 45.5. The van der Waals surface area contributed by atoms with Gasteiger partial charge in [-0.05, 0) is 98.6 Å². The highest BCUT2D eigenvalue weighted by atomic mass is 19.2. The summed E-state index contributed by atoms with van der Waals surface area (Å²) in [5.74, 6) is -11.5. The monoisotopic (exact) mass is 1990 g/mol. The van der Waals surface area contributed by atoms with Gasteiger partial charge in [-0.1, -0.05) is 176 Å². The molecule has 746 valence electrons. The quantitative estimate of drug-likeness (QED) is 0.0446. The van der Waals surface area contributed by atoms with Crippen LogP contribution in [0.2, 0.25) is 0 Å². The first-order valence-corrected chi connectivity index (χ1v) is 45.5. The van der Waals surface area contributed by atoms with E-state index in [1.807, 2.05) is 132 Å². The largest absolute Gasteiger partial charge is 0.513 e. The van der Waals surface area contributed by atoms with Crippen molar-refractivity contribution in [2.24, 2.45) is 0 Å². The Morgan fingerprint density at radius 1 is 0.324 bits per heavy atom. The third kappa shape index (κ3) is 19.7. The van der Waals surface area contributed by atoms with Gasteiger partial charge in [0.2, 0.25) is 40.0 Å². The molecule has 0 bridgehead atoms. The van der Waals surface area contributed by atoms with Gasteiger partial charge in [0, 0.05) is 75.2 Å². The lowest BCUT2D eigenvalue weighted by molar-refractivity contribution is -0.0209. The number of methoxy groups -OCH3 is 2. The van der Waals surface area contributed by atoms with E-state index >= 15 is 0 Å². The number of fused-ring (bicyclic) bond motifs is 8. The second-order valence-electron chi connectivity index (χ2n) is 33.7. The number of nitrogens with zero attached hydrogens (tertiary/aromatic N) is 12. The van der Waals surface area contributed by atoms with Crippen LogP contribution in [0, 0.1) is 46.5 Å². The van der Waals surface area contributed by atoms with Gasteiger partial charge in [-0.25, -0.2) is 44.7 Å². The molecule has 12 heterocycles. The van der Waals surface area contributed by atoms with Crippen molar-refractivity contribution in [3.63, 3.8) is 0 Å². The Kier molecular flexibility index (Phi) is 29.1. The molecule has 0 aliphatic carbocycles. The summed E-state index contributed by atoms with van der Waals surface area (Å²) in [4.78, 5) is 134. The fourth-order valence-electron chi connectivity index (χ4n) is 18.8. The molecule has 8 aliphatic heterocycles. The molecule has 0 saturated carbocycles. The van der Waals surface area contributed by atoms with Crippen LogP contribution >= 0.6 is 0 Å². The van der Waals surface area contributed by atoms with Crippen LogP contribution in [0.25, 0.3) is 0 Å². The minimum Gasteiger partial charge on any atom is -0.502 e. The van der Waals surface area contributed by atoms with Crippen molar-refractivity contribution < 1.29 is 116 Å². The van der Waals surface area contributed by atoms with Crippen LogP contribution in [-0.2, 0) is 39.8 Å². The van der Waals surface area contributed by atoms with Gasteiger partial charge in [0.1, 0.15) is 31.3 Å². The summed E-state index contributed by atoms with van der Waals surface area (Å²) in [7, 11) is 2.19. The van der Waals surface area contributed by atoms with Crippen LogP contribution in [0.3, 0.4) is 0 Å². The maximum atomic E-state index is 14.5. The maximum Gasteiger partial charge on any atom is 0.513 e. The first-order chi connectivity index (χ1) is 70.3. The minimum atomic E-state index is -1.16. The molecule has 33 nitrogen and oxygen atoms in total. The first kappa shape index (κ1) is 98.3. The molecule has 8 atom stereocenters. The molecule has 21 rings (SSSR count). The fraction of sp³-hybridized carbons (Fsp3) is 0.231. The van der Waals surface area contributed by atoms with E-state index in [1.54, 1.807) is 48.9 Å². The van der Waals surface area contributed by atoms with E-state index in [9.17, 15) is 88.2 Å². The highest BCUT2D eigenvalue weighted by Gasteiger charge is 2.51. The van der Waals surface area contributed by atoms with Crippen molar-refractivity contribution in [2.75, 3.05) is 120 Å². The molecule has 8 aliphatic rings. The standard InChI is InChI=1S/C30H25F2N3O4.C26H23F2N3O7.C25H21F2N3O6.C23H19F2N3O4/c31-23-12-11-22(17-24(23)32)27(21-9-5-2-6-10-21)35-26-19-38-16-15-33(26)30(37)28-29(25(36)13-14-34(28)35)39-18-20-7-3-1-4-8-20;1-35-26(34)38-15-37-24-20(32)9-10-30-23(24)25(33)29-11-12-36-14-21(29)31(30)22(16-5-3-2-4-6-16)17-7-8-18(27)19(28)13-17;1-34-25(33)36-23-19(31)9-10-29-22(23)24(32)28-11-12-35-14-20(28)30(29)21(15-5-3-2-4-6-15)16-7-8-17(26)18(27)13-16;24-16-7-6-15(12-17(16)25)20(14-4-2-1-3-5-14)28-19-13-32-11-10-26(19)23(31)21-22(30)18(29)8-9-27(21)28/h1-14,17,26-27H,15-16,18-19H2;2-10,13,21-22H,11-12,14-15H2,1H3;2-10,13,20-21H,11-12,14H2,1H3;1-9,12,19-20,30H,10-11,13H2/t26-,27-;21-,22-;20-,21-;19-,20-/m1111/s1. The Bertz CT molecular complexity index is 7310. The number of aromatic hydroxyl groups is 1. The zero-order valence-electron chi connectivity index (χ0n) is 77.0. The van der Waals surface area contributed by atoms with Gasteiger partial charge < -0.3 is 72.1 Å². The predicted molar refractivity (Wildman–Crippen MR) is 501 cm³/mol. The van der Waals surface area contributed by atoms with Crippen molar-refractivity contribution in [3.8, 4) is 23.0 Å². The normalized spacial score (nSPS) is 17.8. The SMILES string of the molecule is COC(=O)OCOc1c2n(ccc1=O)N([C@H](c1ccccc1)c1ccc(F)c(F)c1)[C@@H]1COCCN1C2=O.COC(=O)Oc1c2n(ccc1=O)N([C@H](c1ccccc1)c1ccc(F)c(F)c1)[C@@H]1COCCN1C2=O.O=C1c2c(O)c(=O)ccn2N([C@H](c2ccccc2)c2ccc(F)c(F)c2)[C@@H]2COCCN12.O=C1c2c(OCc3ccccc3)c(=O)ccn2N([C@H](c2ccccc2)c2ccc(F)c(F)c2)[C@@H]2COCCN12. The van der Waals surface area contributed by atoms with E-state index in [0.29, 0.717) is 53.1 Å². The summed E-state index contributed by atoms with van der Waals surface area (Å²) in [6.07, 6.45) is 0.986. The number of hydrogen-bond acceptors (Lipinski definition) is 25. The summed E-state index contributed by atoms with van der Waals surface area (Å²) < 4.78 is 172. The van der Waals surface area contributed by atoms with Crippen LogP contribution in [0.15, 0.2) is 293 Å². The van der Waals surface area contributed by atoms with Crippen LogP contribution in [0.1, 0.15) is 116 Å². The predicted octanol–water partition coefficient (Wildman–Crippen LogP) is 12.2. The number of ether oxygens (including phenoxy) is 10. The highest BCUT2D eigenvalue weighted by molar-refractivity contribution is 5.99. The molecule has 4 saturated heterocycles. The highest BCUT2D eigenvalue weighted by Crippen LogP contribution is 2.44. The van der Waals surface area contributed by atoms with Crippen LogP contribution < -0.4 is 56.0 Å². The number of carbonyl (C=O) groups is 6. The molecule has 0 unspecified atom stereocenters. The van der Waals surface area contributed by atoms with Gasteiger partial charge >= 0.3 is 12.3 Å². The summed E-state index contributed by atoms with van der Waals surface area (Å²) in [6.45, 7) is 2.07. The molecule has 1 N–H and O–H groups in total. The number of rotatable bonds is 19. The third-order valence-electron chi connectivity index (χ3n) is 25.3. The molecule has 0 spiro atoms. The third-order valence-corrected chi connectivity index (χ3v) is 25.3. The molecule has 4 amide bonds. The summed E-state index contributed by atoms with van der Waals surface area (Å²) in [5, 5.41) is 17.6. The molecule has 9 aromatic carbocycles. The van der Waals surface area contributed by atoms with Crippen molar-refractivity contribution in [1.29, 1.82) is 0 Å². The Morgan fingerprint density at radius 3 is 0.910 bits per heavy atom. The number of halogens is 8. The molecule has 4 aromatic heterocycles. The Labute approximate surface area is 819 Å². The van der Waals surface area contributed by atoms with Gasteiger partial charge in [-0.15, -0.1) is 0 Å². The Balaban J connectivity index is 0.000000127. The van der Waals surface area contributed by atoms with Crippen molar-refractivity contribution in [2.45, 2.75) is 55.4 Å². The topological polar surface area (TPSA) is 329 Å². The number of hydrogen-bond donors (Lipinski definition) is 1. The molecule has 41 heteroatoms. The van der Waals surface area contributed by atoms with Gasteiger partial charge in [0.15, 0.2) is 80.8 Å².